The monoisotopic (exact) mass is 291 g/mol. The minimum absolute atomic E-state index is 0.134. The van der Waals surface area contributed by atoms with E-state index in [9.17, 15) is 0 Å². The zero-order valence-electron chi connectivity index (χ0n) is 13.5. The summed E-state index contributed by atoms with van der Waals surface area (Å²) >= 11 is 0. The van der Waals surface area contributed by atoms with E-state index in [4.69, 9.17) is 9.47 Å². The largest absolute Gasteiger partial charge is 0.351 e. The van der Waals surface area contributed by atoms with Crippen LogP contribution in [0.25, 0.3) is 0 Å². The van der Waals surface area contributed by atoms with Crippen molar-refractivity contribution in [1.82, 2.24) is 5.32 Å². The topological polar surface area (TPSA) is 30.5 Å². The van der Waals surface area contributed by atoms with E-state index in [2.05, 4.69) is 42.6 Å². The smallest absolute Gasteiger partial charge is 0.172 e. The van der Waals surface area contributed by atoms with Gasteiger partial charge in [-0.05, 0) is 50.6 Å². The predicted molar refractivity (Wildman–Crippen MR) is 86.4 cm³/mol. The molecule has 1 fully saturated rings. The van der Waals surface area contributed by atoms with E-state index in [1.54, 1.807) is 0 Å². The van der Waals surface area contributed by atoms with Gasteiger partial charge in [-0.15, -0.1) is 0 Å². The summed E-state index contributed by atoms with van der Waals surface area (Å²) in [6.45, 7) is 8.66. The first kappa shape index (κ1) is 16.5. The van der Waals surface area contributed by atoms with Crippen LogP contribution < -0.4 is 5.32 Å². The Morgan fingerprint density at radius 1 is 1.10 bits per heavy atom. The van der Waals surface area contributed by atoms with Crippen LogP contribution in [0.4, 0.5) is 0 Å². The third-order valence-corrected chi connectivity index (χ3v) is 4.11. The van der Waals surface area contributed by atoms with Gasteiger partial charge in [-0.2, -0.15) is 0 Å². The number of ether oxygens (including phenoxy) is 2. The zero-order valence-corrected chi connectivity index (χ0v) is 13.5. The van der Waals surface area contributed by atoms with Crippen molar-refractivity contribution in [3.8, 4) is 0 Å². The van der Waals surface area contributed by atoms with Crippen LogP contribution in [0.5, 0.6) is 0 Å². The predicted octanol–water partition coefficient (Wildman–Crippen LogP) is 3.56. The van der Waals surface area contributed by atoms with E-state index in [-0.39, 0.29) is 12.3 Å². The molecule has 1 aromatic rings. The van der Waals surface area contributed by atoms with Crippen LogP contribution in [-0.2, 0) is 9.47 Å². The van der Waals surface area contributed by atoms with Crippen LogP contribution >= 0.6 is 0 Å². The summed E-state index contributed by atoms with van der Waals surface area (Å²) in [5.41, 5.74) is 1.44. The summed E-state index contributed by atoms with van der Waals surface area (Å²) in [5, 5.41) is 3.65. The minimum Gasteiger partial charge on any atom is -0.351 e. The molecule has 0 saturated heterocycles. The van der Waals surface area contributed by atoms with Gasteiger partial charge < -0.3 is 14.8 Å². The van der Waals surface area contributed by atoms with Gasteiger partial charge in [0.25, 0.3) is 0 Å². The highest BCUT2D eigenvalue weighted by Crippen LogP contribution is 2.50. The van der Waals surface area contributed by atoms with E-state index < -0.39 is 0 Å². The summed E-state index contributed by atoms with van der Waals surface area (Å²) < 4.78 is 11.7. The van der Waals surface area contributed by atoms with Crippen LogP contribution in [0, 0.1) is 5.92 Å². The van der Waals surface area contributed by atoms with Crippen molar-refractivity contribution in [1.29, 1.82) is 0 Å². The van der Waals surface area contributed by atoms with Gasteiger partial charge in [0.15, 0.2) is 6.29 Å². The summed E-state index contributed by atoms with van der Waals surface area (Å²) in [6, 6.07) is 11.1. The molecule has 2 rings (SSSR count). The van der Waals surface area contributed by atoms with Crippen molar-refractivity contribution < 1.29 is 9.47 Å². The molecule has 0 amide bonds. The fraction of sp³-hybridized carbons (Fsp3) is 0.667. The molecule has 0 aliphatic heterocycles. The first-order valence-corrected chi connectivity index (χ1v) is 8.33. The van der Waals surface area contributed by atoms with Crippen molar-refractivity contribution in [2.45, 2.75) is 51.9 Å². The molecule has 1 aromatic carbocycles. The van der Waals surface area contributed by atoms with Crippen molar-refractivity contribution in [2.24, 2.45) is 5.92 Å². The molecule has 118 valence electrons. The Labute approximate surface area is 129 Å². The highest BCUT2D eigenvalue weighted by atomic mass is 16.7. The Morgan fingerprint density at radius 3 is 2.33 bits per heavy atom. The first-order chi connectivity index (χ1) is 10.3. The number of benzene rings is 1. The Balaban J connectivity index is 2.02. The van der Waals surface area contributed by atoms with Gasteiger partial charge in [0.1, 0.15) is 0 Å². The fourth-order valence-corrected chi connectivity index (χ4v) is 3.04. The third-order valence-electron chi connectivity index (χ3n) is 4.11. The van der Waals surface area contributed by atoms with Crippen molar-refractivity contribution in [3.63, 3.8) is 0 Å². The molecule has 3 unspecified atom stereocenters. The van der Waals surface area contributed by atoms with Crippen molar-refractivity contribution >= 4 is 0 Å². The molecule has 0 spiro atoms. The lowest BCUT2D eigenvalue weighted by Gasteiger charge is -2.28. The molecular weight excluding hydrogens is 262 g/mol. The SMILES string of the molecule is CCCNC(C(OCC)OCC)C1CC1c1ccccc1. The van der Waals surface area contributed by atoms with Gasteiger partial charge in [0.05, 0.1) is 6.04 Å². The van der Waals surface area contributed by atoms with E-state index >= 15 is 0 Å². The molecule has 1 N–H and O–H groups in total. The lowest BCUT2D eigenvalue weighted by atomic mass is 10.0. The van der Waals surface area contributed by atoms with Crippen LogP contribution in [0.15, 0.2) is 30.3 Å². The quantitative estimate of drug-likeness (QED) is 0.669. The highest BCUT2D eigenvalue weighted by molar-refractivity contribution is 5.26. The van der Waals surface area contributed by atoms with E-state index in [0.29, 0.717) is 25.0 Å². The molecule has 0 radical (unpaired) electrons. The van der Waals surface area contributed by atoms with E-state index in [0.717, 1.165) is 13.0 Å². The number of nitrogens with one attached hydrogen (secondary N) is 1. The molecule has 1 aliphatic carbocycles. The number of rotatable bonds is 10. The maximum Gasteiger partial charge on any atom is 0.172 e. The normalized spacial score (nSPS) is 22.5. The average molecular weight is 291 g/mol. The van der Waals surface area contributed by atoms with Crippen molar-refractivity contribution in [3.05, 3.63) is 35.9 Å². The number of hydrogen-bond acceptors (Lipinski definition) is 3. The first-order valence-electron chi connectivity index (χ1n) is 8.33. The summed E-state index contributed by atoms with van der Waals surface area (Å²) in [4.78, 5) is 0. The van der Waals surface area contributed by atoms with Gasteiger partial charge >= 0.3 is 0 Å². The van der Waals surface area contributed by atoms with E-state index in [1.165, 1.54) is 12.0 Å². The lowest BCUT2D eigenvalue weighted by Crippen LogP contribution is -2.45. The van der Waals surface area contributed by atoms with Gasteiger partial charge in [0.2, 0.25) is 0 Å². The van der Waals surface area contributed by atoms with Gasteiger partial charge in [0, 0.05) is 13.2 Å². The van der Waals surface area contributed by atoms with Gasteiger partial charge in [-0.25, -0.2) is 0 Å². The highest BCUT2D eigenvalue weighted by Gasteiger charge is 2.47. The Hall–Kier alpha value is -0.900. The second-order valence-electron chi connectivity index (χ2n) is 5.68. The zero-order chi connectivity index (χ0) is 15.1. The molecule has 3 atom stereocenters. The second-order valence-corrected chi connectivity index (χ2v) is 5.68. The summed E-state index contributed by atoms with van der Waals surface area (Å²) in [6.07, 6.45) is 2.22. The molecular formula is C18H29NO2. The average Bonchev–Trinajstić information content (AvgIpc) is 3.29. The van der Waals surface area contributed by atoms with E-state index in [1.807, 2.05) is 13.8 Å². The van der Waals surface area contributed by atoms with Gasteiger partial charge in [-0.3, -0.25) is 0 Å². The second kappa shape index (κ2) is 8.52. The molecule has 0 heterocycles. The molecule has 0 bridgehead atoms. The minimum atomic E-state index is -0.134. The maximum atomic E-state index is 5.84. The van der Waals surface area contributed by atoms with Gasteiger partial charge in [-0.1, -0.05) is 37.3 Å². The summed E-state index contributed by atoms with van der Waals surface area (Å²) in [7, 11) is 0. The fourth-order valence-electron chi connectivity index (χ4n) is 3.04. The van der Waals surface area contributed by atoms with Crippen LogP contribution in [0.3, 0.4) is 0 Å². The standard InChI is InChI=1S/C18H29NO2/c1-4-12-19-17(18(20-5-2)21-6-3)16-13-15(16)14-10-8-7-9-11-14/h7-11,15-19H,4-6,12-13H2,1-3H3. The van der Waals surface area contributed by atoms with Crippen LogP contribution in [0.2, 0.25) is 0 Å². The van der Waals surface area contributed by atoms with Crippen LogP contribution in [0.1, 0.15) is 45.1 Å². The third kappa shape index (κ3) is 4.53. The lowest BCUT2D eigenvalue weighted by molar-refractivity contribution is -0.157. The Morgan fingerprint density at radius 2 is 1.76 bits per heavy atom. The van der Waals surface area contributed by atoms with Crippen LogP contribution in [-0.4, -0.2) is 32.1 Å². The molecule has 3 heteroatoms. The molecule has 0 aromatic heterocycles. The summed E-state index contributed by atoms with van der Waals surface area (Å²) in [5.74, 6) is 1.26. The molecule has 1 aliphatic rings. The molecule has 3 nitrogen and oxygen atoms in total. The van der Waals surface area contributed by atoms with Crippen molar-refractivity contribution in [2.75, 3.05) is 19.8 Å². The maximum absolute atomic E-state index is 5.84. The molecule has 1 saturated carbocycles. The number of hydrogen-bond donors (Lipinski definition) is 1. The Kier molecular flexibility index (Phi) is 6.68. The Bertz CT molecular complexity index is 389. The molecule has 21 heavy (non-hydrogen) atoms.